The first-order chi connectivity index (χ1) is 9.17. The van der Waals surface area contributed by atoms with E-state index in [4.69, 9.17) is 0 Å². The minimum atomic E-state index is 0.824. The van der Waals surface area contributed by atoms with Gasteiger partial charge in [-0.05, 0) is 57.6 Å². The van der Waals surface area contributed by atoms with Gasteiger partial charge in [0, 0.05) is 32.4 Å². The Morgan fingerprint density at radius 1 is 1.53 bits per heavy atom. The Morgan fingerprint density at radius 2 is 2.37 bits per heavy atom. The van der Waals surface area contributed by atoms with Gasteiger partial charge in [0.15, 0.2) is 0 Å². The summed E-state index contributed by atoms with van der Waals surface area (Å²) < 4.78 is 0. The van der Waals surface area contributed by atoms with E-state index in [-0.39, 0.29) is 0 Å². The maximum atomic E-state index is 4.31. The average Bonchev–Trinajstić information content (AvgIpc) is 2.75. The third-order valence-electron chi connectivity index (χ3n) is 3.69. The van der Waals surface area contributed by atoms with Gasteiger partial charge in [0.2, 0.25) is 0 Å². The molecule has 0 aliphatic carbocycles. The molecule has 1 aliphatic heterocycles. The summed E-state index contributed by atoms with van der Waals surface area (Å²) in [6.45, 7) is 7.68. The number of hydrogen-bond donors (Lipinski definition) is 1. The molecule has 2 rings (SSSR count). The quantitative estimate of drug-likeness (QED) is 0.848. The van der Waals surface area contributed by atoms with E-state index in [1.54, 1.807) is 0 Å². The zero-order valence-electron chi connectivity index (χ0n) is 12.4. The fraction of sp³-hybridized carbons (Fsp3) is 0.667. The number of nitrogens with zero attached hydrogens (tertiary/aromatic N) is 3. The Kier molecular flexibility index (Phi) is 5.16. The maximum absolute atomic E-state index is 4.31. The van der Waals surface area contributed by atoms with Crippen LogP contribution in [0.3, 0.4) is 0 Å². The maximum Gasteiger partial charge on any atom is 0.126 e. The molecule has 1 atom stereocenters. The van der Waals surface area contributed by atoms with Crippen molar-refractivity contribution in [1.82, 2.24) is 14.8 Å². The number of nitrogens with one attached hydrogen (secondary N) is 1. The second kappa shape index (κ2) is 6.87. The highest BCUT2D eigenvalue weighted by molar-refractivity contribution is 5.37. The van der Waals surface area contributed by atoms with Gasteiger partial charge in [0.05, 0.1) is 0 Å². The van der Waals surface area contributed by atoms with Crippen molar-refractivity contribution in [3.8, 4) is 0 Å². The number of anilines is 1. The monoisotopic (exact) mass is 262 g/mol. The lowest BCUT2D eigenvalue weighted by Crippen LogP contribution is -2.27. The van der Waals surface area contributed by atoms with E-state index < -0.39 is 0 Å². The van der Waals surface area contributed by atoms with Crippen LogP contribution in [-0.2, 0) is 6.54 Å². The standard InChI is InChI=1S/C15H26N4/c1-4-16-15-9-13(5-7-17-15)10-19(3)12-14-6-8-18(2)11-14/h5,7,9,14H,4,6,8,10-12H2,1-3H3,(H,16,17). The van der Waals surface area contributed by atoms with Crippen molar-refractivity contribution < 1.29 is 0 Å². The van der Waals surface area contributed by atoms with Crippen LogP contribution < -0.4 is 5.32 Å². The zero-order chi connectivity index (χ0) is 13.7. The number of likely N-dealkylation sites (tertiary alicyclic amines) is 1. The van der Waals surface area contributed by atoms with Gasteiger partial charge in [-0.15, -0.1) is 0 Å². The molecule has 0 bridgehead atoms. The largest absolute Gasteiger partial charge is 0.370 e. The van der Waals surface area contributed by atoms with Crippen LogP contribution in [0.15, 0.2) is 18.3 Å². The van der Waals surface area contributed by atoms with E-state index in [0.717, 1.165) is 24.8 Å². The number of aromatic nitrogens is 1. The van der Waals surface area contributed by atoms with Gasteiger partial charge >= 0.3 is 0 Å². The lowest BCUT2D eigenvalue weighted by molar-refractivity contribution is 0.267. The van der Waals surface area contributed by atoms with Crippen LogP contribution >= 0.6 is 0 Å². The first-order valence-corrected chi connectivity index (χ1v) is 7.23. The fourth-order valence-electron chi connectivity index (χ4n) is 2.84. The lowest BCUT2D eigenvalue weighted by Gasteiger charge is -2.21. The van der Waals surface area contributed by atoms with Gasteiger partial charge in [-0.25, -0.2) is 4.98 Å². The minimum Gasteiger partial charge on any atom is -0.370 e. The first-order valence-electron chi connectivity index (χ1n) is 7.23. The van der Waals surface area contributed by atoms with Crippen molar-refractivity contribution >= 4 is 5.82 Å². The third-order valence-corrected chi connectivity index (χ3v) is 3.69. The summed E-state index contributed by atoms with van der Waals surface area (Å²) in [6, 6.07) is 4.26. The van der Waals surface area contributed by atoms with Crippen LogP contribution in [0.25, 0.3) is 0 Å². The van der Waals surface area contributed by atoms with Gasteiger partial charge in [-0.2, -0.15) is 0 Å². The second-order valence-corrected chi connectivity index (χ2v) is 5.69. The Morgan fingerprint density at radius 3 is 3.05 bits per heavy atom. The molecule has 1 fully saturated rings. The smallest absolute Gasteiger partial charge is 0.126 e. The van der Waals surface area contributed by atoms with Crippen LogP contribution in [0.5, 0.6) is 0 Å². The van der Waals surface area contributed by atoms with Crippen LogP contribution in [0, 0.1) is 5.92 Å². The molecule has 0 aromatic carbocycles. The molecular formula is C15H26N4. The molecule has 106 valence electrons. The predicted molar refractivity (Wildman–Crippen MR) is 80.3 cm³/mol. The van der Waals surface area contributed by atoms with Crippen molar-refractivity contribution in [2.45, 2.75) is 19.9 Å². The van der Waals surface area contributed by atoms with E-state index in [9.17, 15) is 0 Å². The topological polar surface area (TPSA) is 31.4 Å². The summed E-state index contributed by atoms with van der Waals surface area (Å²) in [4.78, 5) is 9.16. The van der Waals surface area contributed by atoms with Crippen LogP contribution in [0.2, 0.25) is 0 Å². The Bertz CT molecular complexity index is 393. The highest BCUT2D eigenvalue weighted by Gasteiger charge is 2.20. The Balaban J connectivity index is 1.84. The molecule has 0 saturated carbocycles. The molecule has 1 aromatic rings. The summed E-state index contributed by atoms with van der Waals surface area (Å²) in [5.74, 6) is 1.80. The molecule has 0 amide bonds. The van der Waals surface area contributed by atoms with E-state index in [2.05, 4.69) is 53.3 Å². The third kappa shape index (κ3) is 4.48. The summed E-state index contributed by atoms with van der Waals surface area (Å²) in [5, 5.41) is 3.26. The van der Waals surface area contributed by atoms with Crippen molar-refractivity contribution in [2.75, 3.05) is 45.6 Å². The summed E-state index contributed by atoms with van der Waals surface area (Å²) >= 11 is 0. The van der Waals surface area contributed by atoms with E-state index in [1.807, 2.05) is 6.20 Å². The molecule has 1 aromatic heterocycles. The average molecular weight is 262 g/mol. The molecular weight excluding hydrogens is 236 g/mol. The Hall–Kier alpha value is -1.13. The van der Waals surface area contributed by atoms with E-state index in [0.29, 0.717) is 0 Å². The molecule has 0 radical (unpaired) electrons. The van der Waals surface area contributed by atoms with Gasteiger partial charge in [-0.3, -0.25) is 0 Å². The molecule has 1 aliphatic rings. The summed E-state index contributed by atoms with van der Waals surface area (Å²) in [5.41, 5.74) is 1.33. The van der Waals surface area contributed by atoms with Crippen LogP contribution in [0.1, 0.15) is 18.9 Å². The normalized spacial score (nSPS) is 20.1. The molecule has 2 heterocycles. The number of hydrogen-bond acceptors (Lipinski definition) is 4. The molecule has 19 heavy (non-hydrogen) atoms. The molecule has 1 unspecified atom stereocenters. The highest BCUT2D eigenvalue weighted by atomic mass is 15.1. The van der Waals surface area contributed by atoms with Crippen molar-refractivity contribution in [1.29, 1.82) is 0 Å². The summed E-state index contributed by atoms with van der Waals surface area (Å²) in [6.07, 6.45) is 3.23. The molecule has 0 spiro atoms. The SMILES string of the molecule is CCNc1cc(CN(C)CC2CCN(C)C2)ccn1. The highest BCUT2D eigenvalue weighted by Crippen LogP contribution is 2.16. The summed E-state index contributed by atoms with van der Waals surface area (Å²) in [7, 11) is 4.43. The lowest BCUT2D eigenvalue weighted by atomic mass is 10.1. The van der Waals surface area contributed by atoms with Crippen molar-refractivity contribution in [2.24, 2.45) is 5.92 Å². The van der Waals surface area contributed by atoms with Gasteiger partial charge in [-0.1, -0.05) is 0 Å². The molecule has 4 heteroatoms. The van der Waals surface area contributed by atoms with Gasteiger partial charge < -0.3 is 15.1 Å². The van der Waals surface area contributed by atoms with Gasteiger partial charge in [0.1, 0.15) is 5.82 Å². The molecule has 1 saturated heterocycles. The first kappa shape index (κ1) is 14.3. The van der Waals surface area contributed by atoms with Crippen LogP contribution in [0.4, 0.5) is 5.82 Å². The fourth-order valence-corrected chi connectivity index (χ4v) is 2.84. The molecule has 4 nitrogen and oxygen atoms in total. The predicted octanol–water partition coefficient (Wildman–Crippen LogP) is 1.90. The van der Waals surface area contributed by atoms with Crippen LogP contribution in [-0.4, -0.2) is 55.1 Å². The van der Waals surface area contributed by atoms with Crippen molar-refractivity contribution in [3.05, 3.63) is 23.9 Å². The Labute approximate surface area is 116 Å². The molecule has 1 N–H and O–H groups in total. The number of pyridine rings is 1. The van der Waals surface area contributed by atoms with Crippen molar-refractivity contribution in [3.63, 3.8) is 0 Å². The van der Waals surface area contributed by atoms with E-state index >= 15 is 0 Å². The van der Waals surface area contributed by atoms with E-state index in [1.165, 1.54) is 31.6 Å². The minimum absolute atomic E-state index is 0.824. The number of rotatable bonds is 6. The zero-order valence-corrected chi connectivity index (χ0v) is 12.4. The second-order valence-electron chi connectivity index (χ2n) is 5.69. The van der Waals surface area contributed by atoms with Gasteiger partial charge in [0.25, 0.3) is 0 Å².